The summed E-state index contributed by atoms with van der Waals surface area (Å²) in [6, 6.07) is 9.14. The maximum atomic E-state index is 12.1. The summed E-state index contributed by atoms with van der Waals surface area (Å²) in [4.78, 5) is 14.3. The first-order valence-electron chi connectivity index (χ1n) is 7.86. The summed E-state index contributed by atoms with van der Waals surface area (Å²) in [6.45, 7) is 5.40. The lowest BCUT2D eigenvalue weighted by Gasteiger charge is -2.32. The summed E-state index contributed by atoms with van der Waals surface area (Å²) in [5, 5.41) is 11.8. The average Bonchev–Trinajstić information content (AvgIpc) is 2.54. The Morgan fingerprint density at radius 2 is 2.32 bits per heavy atom. The highest BCUT2D eigenvalue weighted by molar-refractivity contribution is 5.92. The normalized spacial score (nSPS) is 18.6. The van der Waals surface area contributed by atoms with Crippen LogP contribution in [0.4, 0.5) is 5.69 Å². The van der Waals surface area contributed by atoms with Gasteiger partial charge in [0.1, 0.15) is 6.07 Å². The molecular weight excluding hydrogens is 278 g/mol. The maximum absolute atomic E-state index is 12.1. The van der Waals surface area contributed by atoms with Gasteiger partial charge in [0.25, 0.3) is 0 Å². The number of para-hydroxylation sites is 1. The van der Waals surface area contributed by atoms with Crippen LogP contribution < -0.4 is 5.32 Å². The minimum atomic E-state index is -0.0544. The number of likely N-dealkylation sites (tertiary alicyclic amines) is 1. The maximum Gasteiger partial charge on any atom is 0.225 e. The molecule has 1 fully saturated rings. The monoisotopic (exact) mass is 301 g/mol. The molecule has 1 N–H and O–H groups in total. The number of nitrogens with zero attached hydrogens (tertiary/aromatic N) is 2. The molecule has 1 aliphatic rings. The molecule has 1 aromatic rings. The van der Waals surface area contributed by atoms with E-state index in [-0.39, 0.29) is 5.91 Å². The van der Waals surface area contributed by atoms with E-state index in [9.17, 15) is 4.79 Å². The quantitative estimate of drug-likeness (QED) is 0.876. The predicted molar refractivity (Wildman–Crippen MR) is 85.5 cm³/mol. The van der Waals surface area contributed by atoms with Crippen molar-refractivity contribution < 1.29 is 9.53 Å². The van der Waals surface area contributed by atoms with Crippen molar-refractivity contribution >= 4 is 11.6 Å². The third-order valence-corrected chi connectivity index (χ3v) is 3.84. The van der Waals surface area contributed by atoms with E-state index in [1.165, 1.54) is 0 Å². The van der Waals surface area contributed by atoms with Gasteiger partial charge in [-0.1, -0.05) is 12.1 Å². The number of carbonyl (C=O) groups excluding carboxylic acids is 1. The molecule has 22 heavy (non-hydrogen) atoms. The van der Waals surface area contributed by atoms with E-state index in [2.05, 4.69) is 16.3 Å². The lowest BCUT2D eigenvalue weighted by molar-refractivity contribution is -0.116. The second-order valence-electron chi connectivity index (χ2n) is 5.48. The summed E-state index contributed by atoms with van der Waals surface area (Å²) < 4.78 is 5.67. The zero-order chi connectivity index (χ0) is 15.8. The molecule has 0 radical (unpaired) electrons. The number of benzene rings is 1. The number of anilines is 1. The number of nitriles is 1. The van der Waals surface area contributed by atoms with Gasteiger partial charge < -0.3 is 15.0 Å². The largest absolute Gasteiger partial charge is 0.377 e. The van der Waals surface area contributed by atoms with Gasteiger partial charge in [0.15, 0.2) is 0 Å². The van der Waals surface area contributed by atoms with E-state index in [4.69, 9.17) is 10.00 Å². The topological polar surface area (TPSA) is 65.4 Å². The molecule has 1 aromatic carbocycles. The number of amides is 1. The molecule has 1 amide bonds. The van der Waals surface area contributed by atoms with Crippen molar-refractivity contribution in [3.8, 4) is 6.07 Å². The van der Waals surface area contributed by atoms with Gasteiger partial charge in [-0.05, 0) is 38.4 Å². The number of piperidine rings is 1. The SMILES string of the molecule is CCOC1CCCN(CCC(=O)Nc2ccccc2C#N)C1. The van der Waals surface area contributed by atoms with Crippen LogP contribution in [0, 0.1) is 11.3 Å². The van der Waals surface area contributed by atoms with Gasteiger partial charge in [0.05, 0.1) is 17.4 Å². The van der Waals surface area contributed by atoms with Crippen LogP contribution in [0.5, 0.6) is 0 Å². The molecule has 1 heterocycles. The fourth-order valence-electron chi connectivity index (χ4n) is 2.75. The van der Waals surface area contributed by atoms with Gasteiger partial charge in [-0.15, -0.1) is 0 Å². The Hall–Kier alpha value is -1.90. The van der Waals surface area contributed by atoms with Crippen LogP contribution in [0.15, 0.2) is 24.3 Å². The average molecular weight is 301 g/mol. The molecule has 1 aliphatic heterocycles. The van der Waals surface area contributed by atoms with Crippen LogP contribution >= 0.6 is 0 Å². The summed E-state index contributed by atoms with van der Waals surface area (Å²) in [6.07, 6.45) is 2.94. The number of carbonyl (C=O) groups is 1. The van der Waals surface area contributed by atoms with Crippen molar-refractivity contribution in [1.29, 1.82) is 5.26 Å². The van der Waals surface area contributed by atoms with E-state index in [0.717, 1.165) is 39.1 Å². The van der Waals surface area contributed by atoms with Crippen molar-refractivity contribution in [2.75, 3.05) is 31.6 Å². The van der Waals surface area contributed by atoms with E-state index in [1.807, 2.05) is 13.0 Å². The van der Waals surface area contributed by atoms with Crippen molar-refractivity contribution in [2.24, 2.45) is 0 Å². The zero-order valence-corrected chi connectivity index (χ0v) is 13.0. The first kappa shape index (κ1) is 16.5. The van der Waals surface area contributed by atoms with Crippen LogP contribution in [0.3, 0.4) is 0 Å². The van der Waals surface area contributed by atoms with E-state index in [0.29, 0.717) is 23.8 Å². The highest BCUT2D eigenvalue weighted by Crippen LogP contribution is 2.15. The summed E-state index contributed by atoms with van der Waals surface area (Å²) in [5.41, 5.74) is 1.08. The molecule has 0 aliphatic carbocycles. The standard InChI is InChI=1S/C17H23N3O2/c1-2-22-15-7-5-10-20(13-15)11-9-17(21)19-16-8-4-3-6-14(16)12-18/h3-4,6,8,15H,2,5,7,9-11,13H2,1H3,(H,19,21). The Labute approximate surface area is 131 Å². The molecule has 1 unspecified atom stereocenters. The Morgan fingerprint density at radius 1 is 1.50 bits per heavy atom. The summed E-state index contributed by atoms with van der Waals surface area (Å²) >= 11 is 0. The van der Waals surface area contributed by atoms with Gasteiger partial charge in [-0.3, -0.25) is 4.79 Å². The first-order valence-corrected chi connectivity index (χ1v) is 7.86. The molecule has 1 saturated heterocycles. The van der Waals surface area contributed by atoms with Crippen molar-refractivity contribution in [3.63, 3.8) is 0 Å². The number of hydrogen-bond donors (Lipinski definition) is 1. The number of rotatable bonds is 6. The van der Waals surface area contributed by atoms with Crippen LogP contribution in [0.1, 0.15) is 31.7 Å². The van der Waals surface area contributed by atoms with Gasteiger partial charge in [-0.2, -0.15) is 5.26 Å². The minimum absolute atomic E-state index is 0.0544. The van der Waals surface area contributed by atoms with E-state index >= 15 is 0 Å². The smallest absolute Gasteiger partial charge is 0.225 e. The van der Waals surface area contributed by atoms with Gasteiger partial charge in [0.2, 0.25) is 5.91 Å². The van der Waals surface area contributed by atoms with Crippen LogP contribution in [-0.2, 0) is 9.53 Å². The Morgan fingerprint density at radius 3 is 3.09 bits per heavy atom. The minimum Gasteiger partial charge on any atom is -0.377 e. The second-order valence-corrected chi connectivity index (χ2v) is 5.48. The predicted octanol–water partition coefficient (Wildman–Crippen LogP) is 2.39. The van der Waals surface area contributed by atoms with E-state index < -0.39 is 0 Å². The molecule has 2 rings (SSSR count). The number of nitrogens with one attached hydrogen (secondary N) is 1. The van der Waals surface area contributed by atoms with Crippen molar-refractivity contribution in [1.82, 2.24) is 4.90 Å². The molecule has 5 nitrogen and oxygen atoms in total. The lowest BCUT2D eigenvalue weighted by atomic mass is 10.1. The third-order valence-electron chi connectivity index (χ3n) is 3.84. The highest BCUT2D eigenvalue weighted by atomic mass is 16.5. The van der Waals surface area contributed by atoms with Crippen molar-refractivity contribution in [2.45, 2.75) is 32.3 Å². The zero-order valence-electron chi connectivity index (χ0n) is 13.0. The molecule has 118 valence electrons. The van der Waals surface area contributed by atoms with Crippen LogP contribution in [-0.4, -0.2) is 43.2 Å². The van der Waals surface area contributed by atoms with Crippen molar-refractivity contribution in [3.05, 3.63) is 29.8 Å². The van der Waals surface area contributed by atoms with Gasteiger partial charge >= 0.3 is 0 Å². The fourth-order valence-corrected chi connectivity index (χ4v) is 2.75. The van der Waals surface area contributed by atoms with Gasteiger partial charge in [-0.25, -0.2) is 0 Å². The Bertz CT molecular complexity index is 537. The fraction of sp³-hybridized carbons (Fsp3) is 0.529. The highest BCUT2D eigenvalue weighted by Gasteiger charge is 2.20. The van der Waals surface area contributed by atoms with Gasteiger partial charge in [0, 0.05) is 26.1 Å². The molecule has 0 spiro atoms. The van der Waals surface area contributed by atoms with Crippen LogP contribution in [0.2, 0.25) is 0 Å². The molecule has 0 aromatic heterocycles. The third kappa shape index (κ3) is 4.83. The molecule has 1 atom stereocenters. The lowest BCUT2D eigenvalue weighted by Crippen LogP contribution is -2.41. The van der Waals surface area contributed by atoms with E-state index in [1.54, 1.807) is 18.2 Å². The Balaban J connectivity index is 1.79. The molecule has 0 saturated carbocycles. The second kappa shape index (κ2) is 8.52. The molecule has 5 heteroatoms. The Kier molecular flexibility index (Phi) is 6.38. The first-order chi connectivity index (χ1) is 10.7. The number of hydrogen-bond acceptors (Lipinski definition) is 4. The molecule has 0 bridgehead atoms. The summed E-state index contributed by atoms with van der Waals surface area (Å²) in [7, 11) is 0. The summed E-state index contributed by atoms with van der Waals surface area (Å²) in [5.74, 6) is -0.0544. The van der Waals surface area contributed by atoms with Crippen LogP contribution in [0.25, 0.3) is 0 Å². The molecular formula is C17H23N3O2. The number of ether oxygens (including phenoxy) is 1.